The third-order valence-electron chi connectivity index (χ3n) is 2.28. The number of nitrogens with one attached hydrogen (secondary N) is 1. The Kier molecular flexibility index (Phi) is 4.94. The predicted molar refractivity (Wildman–Crippen MR) is 74.3 cm³/mol. The van der Waals surface area contributed by atoms with Gasteiger partial charge in [0.2, 0.25) is 0 Å². The van der Waals surface area contributed by atoms with Crippen LogP contribution in [0.25, 0.3) is 0 Å². The molecule has 4 nitrogen and oxygen atoms in total. The van der Waals surface area contributed by atoms with Gasteiger partial charge in [0.05, 0.1) is 17.3 Å². The number of rotatable bonds is 3. The van der Waals surface area contributed by atoms with Gasteiger partial charge in [-0.25, -0.2) is 4.79 Å². The van der Waals surface area contributed by atoms with Crippen molar-refractivity contribution in [3.8, 4) is 0 Å². The largest absolute Gasteiger partial charge is 0.444 e. The fourth-order valence-electron chi connectivity index (χ4n) is 1.38. The molecule has 7 heteroatoms. The van der Waals surface area contributed by atoms with E-state index in [-0.39, 0.29) is 16.3 Å². The van der Waals surface area contributed by atoms with Gasteiger partial charge in [-0.05, 0) is 32.9 Å². The lowest BCUT2D eigenvalue weighted by molar-refractivity contribution is 0.00597. The van der Waals surface area contributed by atoms with Crippen molar-refractivity contribution in [1.82, 2.24) is 0 Å². The number of halogens is 3. The Balaban J connectivity index is 2.87. The van der Waals surface area contributed by atoms with E-state index in [1.54, 1.807) is 20.8 Å². The van der Waals surface area contributed by atoms with Crippen LogP contribution in [0.1, 0.15) is 26.3 Å². The molecule has 0 unspecified atom stereocenters. The Bertz CT molecular complexity index is 502. The van der Waals surface area contributed by atoms with E-state index in [1.807, 2.05) is 0 Å². The quantitative estimate of drug-likeness (QED) is 0.894. The summed E-state index contributed by atoms with van der Waals surface area (Å²) in [5.74, 6) is -3.16. The van der Waals surface area contributed by atoms with Crippen LogP contribution in [0, 0.1) is 0 Å². The van der Waals surface area contributed by atoms with Crippen LogP contribution in [0.15, 0.2) is 18.2 Å². The number of anilines is 1. The molecule has 1 rings (SSSR count). The molecule has 3 N–H and O–H groups in total. The topological polar surface area (TPSA) is 64.3 Å². The fourth-order valence-corrected chi connectivity index (χ4v) is 1.60. The molecule has 0 aliphatic rings. The van der Waals surface area contributed by atoms with Crippen LogP contribution in [0.4, 0.5) is 19.3 Å². The van der Waals surface area contributed by atoms with E-state index in [2.05, 4.69) is 5.32 Å². The Hall–Kier alpha value is -1.40. The van der Waals surface area contributed by atoms with Crippen LogP contribution < -0.4 is 11.1 Å². The zero-order valence-corrected chi connectivity index (χ0v) is 12.2. The average Bonchev–Trinajstić information content (AvgIpc) is 2.29. The van der Waals surface area contributed by atoms with Crippen molar-refractivity contribution in [1.29, 1.82) is 0 Å². The van der Waals surface area contributed by atoms with Gasteiger partial charge < -0.3 is 10.5 Å². The summed E-state index contributed by atoms with van der Waals surface area (Å²) in [5.41, 5.74) is 4.22. The van der Waals surface area contributed by atoms with Gasteiger partial charge in [0.15, 0.2) is 0 Å². The van der Waals surface area contributed by atoms with Gasteiger partial charge in [0.25, 0.3) is 5.92 Å². The van der Waals surface area contributed by atoms with Gasteiger partial charge in [0, 0.05) is 5.56 Å². The molecule has 0 saturated carbocycles. The lowest BCUT2D eigenvalue weighted by atomic mass is 10.1. The lowest BCUT2D eigenvalue weighted by Gasteiger charge is -2.20. The molecule has 0 heterocycles. The van der Waals surface area contributed by atoms with Gasteiger partial charge >= 0.3 is 6.09 Å². The molecule has 0 bridgehead atoms. The minimum atomic E-state index is -3.16. The van der Waals surface area contributed by atoms with Crippen LogP contribution >= 0.6 is 11.6 Å². The number of benzene rings is 1. The Morgan fingerprint density at radius 1 is 1.40 bits per heavy atom. The van der Waals surface area contributed by atoms with E-state index in [1.165, 1.54) is 6.07 Å². The van der Waals surface area contributed by atoms with E-state index in [9.17, 15) is 13.6 Å². The van der Waals surface area contributed by atoms with Crippen LogP contribution in [0.3, 0.4) is 0 Å². The maximum atomic E-state index is 13.4. The minimum Gasteiger partial charge on any atom is -0.444 e. The van der Waals surface area contributed by atoms with Crippen LogP contribution in [-0.4, -0.2) is 18.2 Å². The van der Waals surface area contributed by atoms with Crippen LogP contribution in [0.5, 0.6) is 0 Å². The van der Waals surface area contributed by atoms with Gasteiger partial charge in [-0.1, -0.05) is 17.7 Å². The normalized spacial score (nSPS) is 12.2. The first-order valence-corrected chi connectivity index (χ1v) is 6.31. The number of nitrogens with two attached hydrogens (primary N) is 1. The molecule has 0 aliphatic heterocycles. The summed E-state index contributed by atoms with van der Waals surface area (Å²) >= 11 is 5.86. The fraction of sp³-hybridized carbons (Fsp3) is 0.462. The second kappa shape index (κ2) is 5.93. The van der Waals surface area contributed by atoms with Crippen molar-refractivity contribution in [2.45, 2.75) is 32.3 Å². The Morgan fingerprint density at radius 3 is 2.45 bits per heavy atom. The number of hydrogen-bond donors (Lipinski definition) is 2. The molecule has 1 aromatic rings. The van der Waals surface area contributed by atoms with Gasteiger partial charge in [0.1, 0.15) is 5.60 Å². The summed E-state index contributed by atoms with van der Waals surface area (Å²) in [4.78, 5) is 11.6. The van der Waals surface area contributed by atoms with E-state index >= 15 is 0 Å². The first-order valence-electron chi connectivity index (χ1n) is 5.93. The number of alkyl halides is 2. The third kappa shape index (κ3) is 4.61. The number of carbonyl (C=O) groups excluding carboxylic acids is 1. The average molecular weight is 307 g/mol. The molecule has 0 fully saturated rings. The molecule has 112 valence electrons. The van der Waals surface area contributed by atoms with E-state index in [4.69, 9.17) is 22.1 Å². The van der Waals surface area contributed by atoms with Gasteiger partial charge in [-0.2, -0.15) is 8.78 Å². The molecule has 0 aliphatic carbocycles. The van der Waals surface area contributed by atoms with Crippen molar-refractivity contribution in [2.24, 2.45) is 5.73 Å². The second-order valence-corrected chi connectivity index (χ2v) is 5.64. The third-order valence-corrected chi connectivity index (χ3v) is 2.60. The monoisotopic (exact) mass is 306 g/mol. The van der Waals surface area contributed by atoms with E-state index < -0.39 is 24.2 Å². The maximum Gasteiger partial charge on any atom is 0.412 e. The summed E-state index contributed by atoms with van der Waals surface area (Å²) in [5, 5.41) is 2.38. The van der Waals surface area contributed by atoms with E-state index in [0.717, 1.165) is 12.1 Å². The van der Waals surface area contributed by atoms with Gasteiger partial charge in [-0.15, -0.1) is 0 Å². The zero-order chi connectivity index (χ0) is 15.6. The highest BCUT2D eigenvalue weighted by atomic mass is 35.5. The highest BCUT2D eigenvalue weighted by molar-refractivity contribution is 6.33. The number of amides is 1. The van der Waals surface area contributed by atoms with Crippen molar-refractivity contribution in [2.75, 3.05) is 11.9 Å². The minimum absolute atomic E-state index is 0.0125. The molecule has 0 spiro atoms. The number of ether oxygens (including phenoxy) is 1. The molecule has 0 aromatic heterocycles. The number of carbonyl (C=O) groups is 1. The summed E-state index contributed by atoms with van der Waals surface area (Å²) in [7, 11) is 0. The van der Waals surface area contributed by atoms with Gasteiger partial charge in [-0.3, -0.25) is 5.32 Å². The summed E-state index contributed by atoms with van der Waals surface area (Å²) in [6, 6.07) is 3.51. The SMILES string of the molecule is CC(C)(C)OC(=O)Nc1ccc(C(F)(F)CN)cc1Cl. The molecular weight excluding hydrogens is 290 g/mol. The summed E-state index contributed by atoms with van der Waals surface area (Å²) < 4.78 is 31.8. The first-order chi connectivity index (χ1) is 9.05. The lowest BCUT2D eigenvalue weighted by Crippen LogP contribution is -2.27. The van der Waals surface area contributed by atoms with E-state index in [0.29, 0.717) is 0 Å². The number of hydrogen-bond acceptors (Lipinski definition) is 3. The smallest absolute Gasteiger partial charge is 0.412 e. The van der Waals surface area contributed by atoms with Crippen molar-refractivity contribution in [3.63, 3.8) is 0 Å². The summed E-state index contributed by atoms with van der Waals surface area (Å²) in [6.07, 6.45) is -0.710. The molecule has 1 aromatic carbocycles. The highest BCUT2D eigenvalue weighted by Crippen LogP contribution is 2.32. The molecular formula is C13H17ClF2N2O2. The predicted octanol–water partition coefficient (Wildman–Crippen LogP) is 3.74. The maximum absolute atomic E-state index is 13.4. The van der Waals surface area contributed by atoms with Crippen molar-refractivity contribution in [3.05, 3.63) is 28.8 Å². The molecule has 0 radical (unpaired) electrons. The summed E-state index contributed by atoms with van der Waals surface area (Å²) in [6.45, 7) is 4.30. The molecule has 0 saturated heterocycles. The molecule has 20 heavy (non-hydrogen) atoms. The zero-order valence-electron chi connectivity index (χ0n) is 11.5. The highest BCUT2D eigenvalue weighted by Gasteiger charge is 2.30. The Labute approximate surface area is 121 Å². The van der Waals surface area contributed by atoms with Crippen molar-refractivity contribution >= 4 is 23.4 Å². The van der Waals surface area contributed by atoms with Crippen LogP contribution in [0.2, 0.25) is 5.02 Å². The first kappa shape index (κ1) is 16.7. The molecule has 1 amide bonds. The Morgan fingerprint density at radius 2 is 2.00 bits per heavy atom. The van der Waals surface area contributed by atoms with Crippen LogP contribution in [-0.2, 0) is 10.7 Å². The molecule has 0 atom stereocenters. The van der Waals surface area contributed by atoms with Crippen molar-refractivity contribution < 1.29 is 18.3 Å². The second-order valence-electron chi connectivity index (χ2n) is 5.23. The standard InChI is InChI=1S/C13H17ClF2N2O2/c1-12(2,3)20-11(19)18-10-5-4-8(6-9(10)14)13(15,16)7-17/h4-6H,7,17H2,1-3H3,(H,18,19).